The lowest BCUT2D eigenvalue weighted by molar-refractivity contribution is -0.115. The molecule has 1 aliphatic rings. The van der Waals surface area contributed by atoms with Crippen molar-refractivity contribution in [2.45, 2.75) is 0 Å². The van der Waals surface area contributed by atoms with E-state index in [1.165, 1.54) is 24.3 Å². The van der Waals surface area contributed by atoms with Gasteiger partial charge in [0.1, 0.15) is 17.2 Å². The molecule has 0 unspecified atom stereocenters. The Balaban J connectivity index is 1.95. The molecule has 0 radical (unpaired) electrons. The minimum Gasteiger partial charge on any atom is -0.478 e. The van der Waals surface area contributed by atoms with Gasteiger partial charge in [0.05, 0.1) is 10.6 Å². The summed E-state index contributed by atoms with van der Waals surface area (Å²) in [7, 11) is 0. The minimum absolute atomic E-state index is 0.0567. The second-order valence-corrected chi connectivity index (χ2v) is 5.08. The highest BCUT2D eigenvalue weighted by molar-refractivity contribution is 6.33. The van der Waals surface area contributed by atoms with Crippen molar-refractivity contribution >= 4 is 35.6 Å². The zero-order valence-corrected chi connectivity index (χ0v) is 12.2. The summed E-state index contributed by atoms with van der Waals surface area (Å²) in [6, 6.07) is 6.80. The molecule has 1 aromatic carbocycles. The number of carbonyl (C=O) groups excluding carboxylic acids is 2. The first-order chi connectivity index (χ1) is 10.9. The largest absolute Gasteiger partial charge is 0.478 e. The third kappa shape index (κ3) is 2.95. The molecule has 2 heterocycles. The third-order valence-corrected chi connectivity index (χ3v) is 3.44. The number of imide groups is 1. The highest BCUT2D eigenvalue weighted by Crippen LogP contribution is 2.31. The van der Waals surface area contributed by atoms with Gasteiger partial charge in [0.25, 0.3) is 5.91 Å². The van der Waals surface area contributed by atoms with Crippen molar-refractivity contribution in [2.75, 3.05) is 0 Å². The average molecular weight is 333 g/mol. The van der Waals surface area contributed by atoms with E-state index in [4.69, 9.17) is 21.1 Å². The van der Waals surface area contributed by atoms with Crippen LogP contribution in [0.15, 0.2) is 40.4 Å². The van der Waals surface area contributed by atoms with Gasteiger partial charge in [-0.25, -0.2) is 9.59 Å². The van der Waals surface area contributed by atoms with Crippen LogP contribution in [0.2, 0.25) is 5.02 Å². The maximum Gasteiger partial charge on any atom is 0.335 e. The number of furan rings is 1. The number of rotatable bonds is 3. The van der Waals surface area contributed by atoms with Crippen LogP contribution in [-0.2, 0) is 4.79 Å². The van der Waals surface area contributed by atoms with E-state index in [-0.39, 0.29) is 11.3 Å². The molecule has 0 spiro atoms. The first-order valence-electron chi connectivity index (χ1n) is 6.41. The van der Waals surface area contributed by atoms with Crippen LogP contribution in [0.25, 0.3) is 17.4 Å². The summed E-state index contributed by atoms with van der Waals surface area (Å²) < 4.78 is 5.55. The molecule has 3 rings (SSSR count). The lowest BCUT2D eigenvalue weighted by Gasteiger charge is -2.02. The Morgan fingerprint density at radius 3 is 2.61 bits per heavy atom. The standard InChI is InChI=1S/C15H9ClN2O5/c16-10-3-1-7(14(20)21)5-9(10)12-4-2-8(23-12)6-11-13(19)18-15(22)17-11/h1-6H,(H,20,21)(H2,17,18,19,22)/b11-6+. The summed E-state index contributed by atoms with van der Waals surface area (Å²) in [5, 5.41) is 13.8. The Kier molecular flexibility index (Phi) is 3.63. The van der Waals surface area contributed by atoms with Crippen molar-refractivity contribution in [3.05, 3.63) is 52.4 Å². The fourth-order valence-electron chi connectivity index (χ4n) is 2.05. The Morgan fingerprint density at radius 1 is 1.17 bits per heavy atom. The zero-order valence-electron chi connectivity index (χ0n) is 11.4. The molecule has 8 heteroatoms. The van der Waals surface area contributed by atoms with Gasteiger partial charge >= 0.3 is 12.0 Å². The number of halogens is 1. The smallest absolute Gasteiger partial charge is 0.335 e. The van der Waals surface area contributed by atoms with E-state index in [1.807, 2.05) is 0 Å². The van der Waals surface area contributed by atoms with E-state index < -0.39 is 17.9 Å². The fraction of sp³-hybridized carbons (Fsp3) is 0. The Bertz CT molecular complexity index is 869. The molecule has 2 aromatic rings. The van der Waals surface area contributed by atoms with E-state index in [1.54, 1.807) is 12.1 Å². The maximum atomic E-state index is 11.4. The highest BCUT2D eigenvalue weighted by Gasteiger charge is 2.23. The predicted molar refractivity (Wildman–Crippen MR) is 80.8 cm³/mol. The summed E-state index contributed by atoms with van der Waals surface area (Å²) in [5.41, 5.74) is 0.542. The number of amides is 3. The average Bonchev–Trinajstić information content (AvgIpc) is 3.06. The molecule has 1 aliphatic heterocycles. The second kappa shape index (κ2) is 5.62. The first-order valence-corrected chi connectivity index (χ1v) is 6.79. The van der Waals surface area contributed by atoms with Crippen LogP contribution in [0.5, 0.6) is 0 Å². The molecule has 23 heavy (non-hydrogen) atoms. The Hall–Kier alpha value is -3.06. The van der Waals surface area contributed by atoms with Crippen molar-refractivity contribution in [3.63, 3.8) is 0 Å². The van der Waals surface area contributed by atoms with Gasteiger partial charge in [0.15, 0.2) is 0 Å². The molecule has 3 N–H and O–H groups in total. The van der Waals surface area contributed by atoms with E-state index >= 15 is 0 Å². The van der Waals surface area contributed by atoms with Gasteiger partial charge in [-0.1, -0.05) is 11.6 Å². The Labute approximate surface area is 134 Å². The summed E-state index contributed by atoms with van der Waals surface area (Å²) in [4.78, 5) is 33.5. The van der Waals surface area contributed by atoms with Crippen LogP contribution in [0.1, 0.15) is 16.1 Å². The lowest BCUT2D eigenvalue weighted by atomic mass is 10.1. The summed E-state index contributed by atoms with van der Waals surface area (Å²) in [6.45, 7) is 0. The molecular formula is C15H9ClN2O5. The molecule has 116 valence electrons. The molecule has 1 fully saturated rings. The summed E-state index contributed by atoms with van der Waals surface area (Å²) in [5.74, 6) is -0.986. The third-order valence-electron chi connectivity index (χ3n) is 3.11. The van der Waals surface area contributed by atoms with Gasteiger partial charge in [-0.05, 0) is 30.3 Å². The van der Waals surface area contributed by atoms with E-state index in [9.17, 15) is 14.4 Å². The van der Waals surface area contributed by atoms with Crippen molar-refractivity contribution in [1.29, 1.82) is 0 Å². The maximum absolute atomic E-state index is 11.4. The summed E-state index contributed by atoms with van der Waals surface area (Å²) >= 11 is 6.07. The predicted octanol–water partition coefficient (Wildman–Crippen LogP) is 2.48. The van der Waals surface area contributed by atoms with Crippen molar-refractivity contribution < 1.29 is 23.9 Å². The quantitative estimate of drug-likeness (QED) is 0.591. The number of carboxylic acid groups (broad SMARTS) is 1. The molecule has 1 saturated heterocycles. The Morgan fingerprint density at radius 2 is 1.96 bits per heavy atom. The van der Waals surface area contributed by atoms with Crippen LogP contribution in [-0.4, -0.2) is 23.0 Å². The van der Waals surface area contributed by atoms with Crippen LogP contribution < -0.4 is 10.6 Å². The molecule has 1 aromatic heterocycles. The molecule has 0 aliphatic carbocycles. The number of hydrogen-bond acceptors (Lipinski definition) is 4. The van der Waals surface area contributed by atoms with Gasteiger partial charge in [0, 0.05) is 11.6 Å². The van der Waals surface area contributed by atoms with Crippen LogP contribution in [0.4, 0.5) is 4.79 Å². The van der Waals surface area contributed by atoms with Gasteiger partial charge < -0.3 is 14.8 Å². The number of nitrogens with one attached hydrogen (secondary N) is 2. The van der Waals surface area contributed by atoms with Crippen LogP contribution >= 0.6 is 11.6 Å². The number of carboxylic acids is 1. The zero-order chi connectivity index (χ0) is 16.6. The van der Waals surface area contributed by atoms with Crippen molar-refractivity contribution in [1.82, 2.24) is 10.6 Å². The van der Waals surface area contributed by atoms with Crippen LogP contribution in [0, 0.1) is 0 Å². The van der Waals surface area contributed by atoms with Gasteiger partial charge in [-0.3, -0.25) is 10.1 Å². The van der Waals surface area contributed by atoms with Gasteiger partial charge in [-0.2, -0.15) is 0 Å². The number of hydrogen-bond donors (Lipinski definition) is 3. The second-order valence-electron chi connectivity index (χ2n) is 4.67. The SMILES string of the molecule is O=C1NC(=O)/C(=C\c2ccc(-c3cc(C(=O)O)ccc3Cl)o2)N1. The molecule has 0 bridgehead atoms. The minimum atomic E-state index is -1.08. The van der Waals surface area contributed by atoms with E-state index in [0.29, 0.717) is 22.1 Å². The summed E-state index contributed by atoms with van der Waals surface area (Å²) in [6.07, 6.45) is 1.36. The number of carbonyl (C=O) groups is 3. The lowest BCUT2D eigenvalue weighted by Crippen LogP contribution is -2.22. The molecular weight excluding hydrogens is 324 g/mol. The topological polar surface area (TPSA) is 109 Å². The highest BCUT2D eigenvalue weighted by atomic mass is 35.5. The van der Waals surface area contributed by atoms with Gasteiger partial charge in [-0.15, -0.1) is 0 Å². The fourth-order valence-corrected chi connectivity index (χ4v) is 2.26. The molecule has 3 amide bonds. The normalized spacial score (nSPS) is 15.6. The number of benzene rings is 1. The number of aromatic carboxylic acids is 1. The molecule has 0 saturated carbocycles. The number of urea groups is 1. The monoisotopic (exact) mass is 332 g/mol. The molecule has 7 nitrogen and oxygen atoms in total. The van der Waals surface area contributed by atoms with E-state index in [2.05, 4.69) is 10.6 Å². The van der Waals surface area contributed by atoms with Gasteiger partial charge in [0.2, 0.25) is 0 Å². The van der Waals surface area contributed by atoms with Crippen LogP contribution in [0.3, 0.4) is 0 Å². The first kappa shape index (κ1) is 14.9. The van der Waals surface area contributed by atoms with Crippen molar-refractivity contribution in [2.24, 2.45) is 0 Å². The van der Waals surface area contributed by atoms with Crippen molar-refractivity contribution in [3.8, 4) is 11.3 Å². The van der Waals surface area contributed by atoms with E-state index in [0.717, 1.165) is 0 Å². The molecule has 0 atom stereocenters.